The second-order valence-corrected chi connectivity index (χ2v) is 4.93. The first-order valence-electron chi connectivity index (χ1n) is 6.69. The molecule has 17 heavy (non-hydrogen) atoms. The van der Waals surface area contributed by atoms with Gasteiger partial charge < -0.3 is 9.84 Å². The lowest BCUT2D eigenvalue weighted by Crippen LogP contribution is -2.23. The smallest absolute Gasteiger partial charge is 0.244 e. The molecule has 0 amide bonds. The molecule has 0 bridgehead atoms. The zero-order valence-electron chi connectivity index (χ0n) is 10.4. The highest BCUT2D eigenvalue weighted by Gasteiger charge is 2.31. The maximum absolute atomic E-state index is 5.45. The van der Waals surface area contributed by atoms with E-state index in [1.165, 1.54) is 12.8 Å². The highest BCUT2D eigenvalue weighted by Crippen LogP contribution is 2.31. The number of aromatic nitrogens is 2. The fourth-order valence-corrected chi connectivity index (χ4v) is 2.91. The van der Waals surface area contributed by atoms with Gasteiger partial charge in [0.25, 0.3) is 0 Å². The van der Waals surface area contributed by atoms with E-state index in [4.69, 9.17) is 4.52 Å². The van der Waals surface area contributed by atoms with Crippen LogP contribution in [0.1, 0.15) is 56.4 Å². The molecule has 94 valence electrons. The van der Waals surface area contributed by atoms with Crippen molar-refractivity contribution in [1.29, 1.82) is 0 Å². The molecule has 3 rings (SSSR count). The Morgan fingerprint density at radius 3 is 3.12 bits per heavy atom. The van der Waals surface area contributed by atoms with Crippen LogP contribution in [0.4, 0.5) is 0 Å². The summed E-state index contributed by atoms with van der Waals surface area (Å²) in [5, 5.41) is 7.54. The molecule has 2 aliphatic rings. The fourth-order valence-electron chi connectivity index (χ4n) is 2.91. The lowest BCUT2D eigenvalue weighted by molar-refractivity contribution is 0.216. The van der Waals surface area contributed by atoms with Crippen LogP contribution in [0, 0.1) is 0 Å². The van der Waals surface area contributed by atoms with Crippen LogP contribution in [0.25, 0.3) is 0 Å². The fraction of sp³-hybridized carbons (Fsp3) is 0.833. The van der Waals surface area contributed by atoms with Crippen molar-refractivity contribution in [2.45, 2.75) is 44.7 Å². The molecule has 0 radical (unpaired) electrons. The predicted octanol–water partition coefficient (Wildman–Crippen LogP) is 1.65. The van der Waals surface area contributed by atoms with Gasteiger partial charge in [0, 0.05) is 0 Å². The minimum Gasteiger partial charge on any atom is -0.338 e. The van der Waals surface area contributed by atoms with Crippen molar-refractivity contribution in [1.82, 2.24) is 20.4 Å². The van der Waals surface area contributed by atoms with Crippen molar-refractivity contribution in [3.8, 4) is 0 Å². The largest absolute Gasteiger partial charge is 0.338 e. The highest BCUT2D eigenvalue weighted by atomic mass is 16.5. The summed E-state index contributed by atoms with van der Waals surface area (Å²) in [4.78, 5) is 7.01. The lowest BCUT2D eigenvalue weighted by Gasteiger charge is -2.18. The molecule has 2 aliphatic heterocycles. The van der Waals surface area contributed by atoms with Crippen molar-refractivity contribution in [2.75, 3.05) is 19.6 Å². The van der Waals surface area contributed by atoms with E-state index in [2.05, 4.69) is 27.3 Å². The second-order valence-electron chi connectivity index (χ2n) is 4.93. The number of rotatable bonds is 3. The van der Waals surface area contributed by atoms with Crippen LogP contribution in [-0.2, 0) is 0 Å². The zero-order chi connectivity index (χ0) is 11.7. The Hall–Kier alpha value is -0.940. The van der Waals surface area contributed by atoms with Gasteiger partial charge in [-0.15, -0.1) is 0 Å². The molecular weight excluding hydrogens is 216 g/mol. The summed E-state index contributed by atoms with van der Waals surface area (Å²) in [6.07, 6.45) is 4.71. The normalized spacial score (nSPS) is 30.2. The molecule has 5 nitrogen and oxygen atoms in total. The highest BCUT2D eigenvalue weighted by molar-refractivity contribution is 5.01. The number of nitrogens with zero attached hydrogens (tertiary/aromatic N) is 3. The van der Waals surface area contributed by atoms with Crippen molar-refractivity contribution < 1.29 is 4.52 Å². The molecule has 5 heteroatoms. The number of hydrogen-bond donors (Lipinski definition) is 1. The summed E-state index contributed by atoms with van der Waals surface area (Å²) in [5.41, 5.74) is 0. The molecule has 2 atom stereocenters. The van der Waals surface area contributed by atoms with Gasteiger partial charge in [-0.2, -0.15) is 4.98 Å². The quantitative estimate of drug-likeness (QED) is 0.864. The van der Waals surface area contributed by atoms with Crippen molar-refractivity contribution in [3.05, 3.63) is 11.7 Å². The van der Waals surface area contributed by atoms with Gasteiger partial charge in [-0.25, -0.2) is 0 Å². The molecule has 0 saturated carbocycles. The van der Waals surface area contributed by atoms with Gasteiger partial charge >= 0.3 is 0 Å². The van der Waals surface area contributed by atoms with Crippen LogP contribution < -0.4 is 5.32 Å². The van der Waals surface area contributed by atoms with Gasteiger partial charge in [-0.1, -0.05) is 12.1 Å². The summed E-state index contributed by atoms with van der Waals surface area (Å²) in [6, 6.07) is 0.659. The van der Waals surface area contributed by atoms with E-state index in [9.17, 15) is 0 Å². The van der Waals surface area contributed by atoms with Crippen molar-refractivity contribution >= 4 is 0 Å². The van der Waals surface area contributed by atoms with Crippen LogP contribution in [0.5, 0.6) is 0 Å². The molecule has 1 aromatic heterocycles. The summed E-state index contributed by atoms with van der Waals surface area (Å²) >= 11 is 0. The number of likely N-dealkylation sites (tertiary alicyclic amines) is 1. The Labute approximate surface area is 102 Å². The maximum Gasteiger partial charge on any atom is 0.244 e. The predicted molar refractivity (Wildman–Crippen MR) is 63.5 cm³/mol. The van der Waals surface area contributed by atoms with E-state index in [1.54, 1.807) is 0 Å². The van der Waals surface area contributed by atoms with E-state index >= 15 is 0 Å². The first kappa shape index (κ1) is 11.2. The molecule has 0 aromatic carbocycles. The molecule has 1 aromatic rings. The van der Waals surface area contributed by atoms with Crippen LogP contribution in [-0.4, -0.2) is 34.7 Å². The Morgan fingerprint density at radius 1 is 1.41 bits per heavy atom. The third kappa shape index (κ3) is 2.09. The molecule has 2 fully saturated rings. The van der Waals surface area contributed by atoms with Gasteiger partial charge in [0.15, 0.2) is 5.82 Å². The SMILES string of the molecule is CCN1CCCC1c1nc(C2CCCN2)no1. The third-order valence-electron chi connectivity index (χ3n) is 3.88. The van der Waals surface area contributed by atoms with Gasteiger partial charge in [0.1, 0.15) is 0 Å². The van der Waals surface area contributed by atoms with Crippen LogP contribution in [0.2, 0.25) is 0 Å². The summed E-state index contributed by atoms with van der Waals surface area (Å²) in [5.74, 6) is 1.66. The van der Waals surface area contributed by atoms with E-state index in [-0.39, 0.29) is 0 Å². The van der Waals surface area contributed by atoms with Gasteiger partial charge in [0.2, 0.25) is 5.89 Å². The molecule has 2 saturated heterocycles. The van der Waals surface area contributed by atoms with Gasteiger partial charge in [-0.05, 0) is 45.3 Å². The van der Waals surface area contributed by atoms with Crippen LogP contribution >= 0.6 is 0 Å². The molecule has 0 aliphatic carbocycles. The van der Waals surface area contributed by atoms with Crippen molar-refractivity contribution in [3.63, 3.8) is 0 Å². The van der Waals surface area contributed by atoms with Gasteiger partial charge in [-0.3, -0.25) is 4.90 Å². The Balaban J connectivity index is 1.75. The molecular formula is C12H20N4O. The Morgan fingerprint density at radius 2 is 2.35 bits per heavy atom. The minimum absolute atomic E-state index is 0.309. The summed E-state index contributed by atoms with van der Waals surface area (Å²) in [7, 11) is 0. The lowest BCUT2D eigenvalue weighted by atomic mass is 10.2. The maximum atomic E-state index is 5.45. The summed E-state index contributed by atoms with van der Waals surface area (Å²) in [6.45, 7) is 5.47. The van der Waals surface area contributed by atoms with E-state index in [0.29, 0.717) is 12.1 Å². The third-order valence-corrected chi connectivity index (χ3v) is 3.88. The first-order chi connectivity index (χ1) is 8.38. The standard InChI is InChI=1S/C12H20N4O/c1-2-16-8-4-6-10(16)12-14-11(15-17-12)9-5-3-7-13-9/h9-10,13H,2-8H2,1H3. The number of nitrogens with one attached hydrogen (secondary N) is 1. The minimum atomic E-state index is 0.309. The Bertz CT molecular complexity index is 372. The molecule has 1 N–H and O–H groups in total. The van der Waals surface area contributed by atoms with Crippen LogP contribution in [0.15, 0.2) is 4.52 Å². The average Bonchev–Trinajstić information content (AvgIpc) is 3.09. The van der Waals surface area contributed by atoms with E-state index in [0.717, 1.165) is 44.2 Å². The van der Waals surface area contributed by atoms with Gasteiger partial charge in [0.05, 0.1) is 12.1 Å². The molecule has 2 unspecified atom stereocenters. The second kappa shape index (κ2) is 4.74. The van der Waals surface area contributed by atoms with Crippen LogP contribution in [0.3, 0.4) is 0 Å². The summed E-state index contributed by atoms with van der Waals surface area (Å²) < 4.78 is 5.45. The monoisotopic (exact) mass is 236 g/mol. The van der Waals surface area contributed by atoms with Crippen molar-refractivity contribution in [2.24, 2.45) is 0 Å². The zero-order valence-corrected chi connectivity index (χ0v) is 10.4. The van der Waals surface area contributed by atoms with E-state index < -0.39 is 0 Å². The topological polar surface area (TPSA) is 54.2 Å². The first-order valence-corrected chi connectivity index (χ1v) is 6.69. The average molecular weight is 236 g/mol. The Kier molecular flexibility index (Phi) is 3.11. The number of hydrogen-bond acceptors (Lipinski definition) is 5. The molecule has 0 spiro atoms. The molecule has 3 heterocycles. The van der Waals surface area contributed by atoms with E-state index in [1.807, 2.05) is 0 Å².